The summed E-state index contributed by atoms with van der Waals surface area (Å²) in [5.74, 6) is -0.480. The Morgan fingerprint density at radius 3 is 2.86 bits per heavy atom. The minimum atomic E-state index is -0.480. The Morgan fingerprint density at radius 1 is 1.27 bits per heavy atom. The lowest BCUT2D eigenvalue weighted by Crippen LogP contribution is -2.26. The first-order valence-corrected chi connectivity index (χ1v) is 7.39. The summed E-state index contributed by atoms with van der Waals surface area (Å²) >= 11 is 3.41. The quantitative estimate of drug-likeness (QED) is 0.766. The number of rotatable bonds is 2. The van der Waals surface area contributed by atoms with Crippen LogP contribution in [0.2, 0.25) is 0 Å². The van der Waals surface area contributed by atoms with Crippen LogP contribution in [0.25, 0.3) is 5.65 Å². The lowest BCUT2D eigenvalue weighted by Gasteiger charge is -2.07. The average Bonchev–Trinajstić information content (AvgIpc) is 2.51. The van der Waals surface area contributed by atoms with E-state index in [1.54, 1.807) is 36.5 Å². The van der Waals surface area contributed by atoms with E-state index in [2.05, 4.69) is 26.2 Å². The fourth-order valence-corrected chi connectivity index (χ4v) is 2.43. The van der Waals surface area contributed by atoms with Crippen LogP contribution in [-0.4, -0.2) is 15.3 Å². The number of hydrogen-bond donors (Lipinski definition) is 1. The lowest BCUT2D eigenvalue weighted by molar-refractivity contribution is 0.102. The number of amides is 1. The van der Waals surface area contributed by atoms with E-state index in [9.17, 15) is 9.59 Å². The number of fused-ring (bicyclic) bond motifs is 1. The smallest absolute Gasteiger partial charge is 0.270 e. The van der Waals surface area contributed by atoms with Gasteiger partial charge in [-0.15, -0.1) is 0 Å². The number of pyridine rings is 1. The van der Waals surface area contributed by atoms with Gasteiger partial charge in [-0.05, 0) is 36.8 Å². The molecular formula is C16H12BrN3O2. The highest BCUT2D eigenvalue weighted by atomic mass is 79.9. The van der Waals surface area contributed by atoms with Gasteiger partial charge in [-0.25, -0.2) is 4.98 Å². The van der Waals surface area contributed by atoms with Gasteiger partial charge < -0.3 is 5.32 Å². The maximum Gasteiger partial charge on any atom is 0.270 e. The van der Waals surface area contributed by atoms with E-state index in [4.69, 9.17) is 0 Å². The first-order chi connectivity index (χ1) is 10.6. The zero-order valence-corrected chi connectivity index (χ0v) is 13.3. The fraction of sp³-hybridized carbons (Fsp3) is 0.0625. The monoisotopic (exact) mass is 357 g/mol. The molecule has 0 atom stereocenters. The van der Waals surface area contributed by atoms with Crippen LogP contribution in [0, 0.1) is 6.92 Å². The molecule has 0 saturated carbocycles. The Morgan fingerprint density at radius 2 is 2.09 bits per heavy atom. The second-order valence-electron chi connectivity index (χ2n) is 4.82. The number of nitrogens with one attached hydrogen (secondary N) is 1. The van der Waals surface area contributed by atoms with Crippen molar-refractivity contribution >= 4 is 33.2 Å². The predicted octanol–water partition coefficient (Wildman–Crippen LogP) is 3.02. The third kappa shape index (κ3) is 2.65. The molecule has 0 aliphatic heterocycles. The van der Waals surface area contributed by atoms with Crippen molar-refractivity contribution in [3.05, 3.63) is 74.7 Å². The predicted molar refractivity (Wildman–Crippen MR) is 88.3 cm³/mol. The number of benzene rings is 1. The second-order valence-corrected chi connectivity index (χ2v) is 5.68. The van der Waals surface area contributed by atoms with Gasteiger partial charge in [0.2, 0.25) is 0 Å². The standard InChI is InChI=1S/C16H12BrN3O2/c1-10-5-6-11(8-13(10)17)19-15(21)12-9-18-14-4-2-3-7-20(14)16(12)22/h2-9H,1H3,(H,19,21). The summed E-state index contributed by atoms with van der Waals surface area (Å²) in [5.41, 5.74) is 1.78. The number of halogens is 1. The number of carbonyl (C=O) groups is 1. The second kappa shape index (κ2) is 5.73. The summed E-state index contributed by atoms with van der Waals surface area (Å²) < 4.78 is 2.23. The van der Waals surface area contributed by atoms with Crippen molar-refractivity contribution in [2.24, 2.45) is 0 Å². The molecule has 6 heteroatoms. The molecular weight excluding hydrogens is 346 g/mol. The van der Waals surface area contributed by atoms with E-state index in [0.29, 0.717) is 11.3 Å². The van der Waals surface area contributed by atoms with Gasteiger partial charge in [0.25, 0.3) is 11.5 Å². The Labute approximate surface area is 134 Å². The van der Waals surface area contributed by atoms with Gasteiger partial charge in [-0.2, -0.15) is 0 Å². The lowest BCUT2D eigenvalue weighted by atomic mass is 10.2. The summed E-state index contributed by atoms with van der Waals surface area (Å²) in [4.78, 5) is 28.8. The molecule has 110 valence electrons. The van der Waals surface area contributed by atoms with Crippen LogP contribution in [0.1, 0.15) is 15.9 Å². The topological polar surface area (TPSA) is 63.5 Å². The van der Waals surface area contributed by atoms with Gasteiger partial charge in [0.15, 0.2) is 0 Å². The van der Waals surface area contributed by atoms with Crippen LogP contribution < -0.4 is 10.9 Å². The van der Waals surface area contributed by atoms with Crippen molar-refractivity contribution in [2.45, 2.75) is 6.92 Å². The Hall–Kier alpha value is -2.47. The number of anilines is 1. The minimum Gasteiger partial charge on any atom is -0.322 e. The zero-order valence-electron chi connectivity index (χ0n) is 11.7. The third-order valence-corrected chi connectivity index (χ3v) is 4.14. The molecule has 2 heterocycles. The minimum absolute atomic E-state index is 0.000368. The zero-order chi connectivity index (χ0) is 15.7. The molecule has 1 aromatic carbocycles. The average molecular weight is 358 g/mol. The van der Waals surface area contributed by atoms with Gasteiger partial charge in [0.05, 0.1) is 0 Å². The first kappa shape index (κ1) is 14.5. The van der Waals surface area contributed by atoms with Crippen molar-refractivity contribution in [1.82, 2.24) is 9.38 Å². The van der Waals surface area contributed by atoms with Gasteiger partial charge in [-0.3, -0.25) is 14.0 Å². The molecule has 0 aliphatic carbocycles. The molecule has 0 fully saturated rings. The number of nitrogens with zero attached hydrogens (tertiary/aromatic N) is 2. The third-order valence-electron chi connectivity index (χ3n) is 3.29. The maximum absolute atomic E-state index is 12.3. The van der Waals surface area contributed by atoms with Crippen LogP contribution >= 0.6 is 15.9 Å². The number of hydrogen-bond acceptors (Lipinski definition) is 3. The Balaban J connectivity index is 1.97. The molecule has 22 heavy (non-hydrogen) atoms. The molecule has 1 amide bonds. The fourth-order valence-electron chi connectivity index (χ4n) is 2.05. The van der Waals surface area contributed by atoms with Crippen molar-refractivity contribution in [3.63, 3.8) is 0 Å². The SMILES string of the molecule is Cc1ccc(NC(=O)c2cnc3ccccn3c2=O)cc1Br. The van der Waals surface area contributed by atoms with Gasteiger partial charge >= 0.3 is 0 Å². The van der Waals surface area contributed by atoms with E-state index in [-0.39, 0.29) is 5.56 Å². The summed E-state index contributed by atoms with van der Waals surface area (Å²) in [6.45, 7) is 1.95. The summed E-state index contributed by atoms with van der Waals surface area (Å²) in [5, 5.41) is 2.71. The molecule has 0 unspecified atom stereocenters. The van der Waals surface area contributed by atoms with Gasteiger partial charge in [0.1, 0.15) is 11.2 Å². The molecule has 3 aromatic rings. The van der Waals surface area contributed by atoms with Crippen molar-refractivity contribution in [1.29, 1.82) is 0 Å². The van der Waals surface area contributed by atoms with Crippen molar-refractivity contribution < 1.29 is 4.79 Å². The highest BCUT2D eigenvalue weighted by molar-refractivity contribution is 9.10. The van der Waals surface area contributed by atoms with Crippen LogP contribution in [0.4, 0.5) is 5.69 Å². The summed E-state index contributed by atoms with van der Waals surface area (Å²) in [7, 11) is 0. The van der Waals surface area contributed by atoms with E-state index in [1.807, 2.05) is 13.0 Å². The molecule has 0 saturated heterocycles. The van der Waals surface area contributed by atoms with Crippen LogP contribution in [0.15, 0.2) is 58.1 Å². The molecule has 2 aromatic heterocycles. The number of aryl methyl sites for hydroxylation is 1. The first-order valence-electron chi connectivity index (χ1n) is 6.60. The van der Waals surface area contributed by atoms with Gasteiger partial charge in [0, 0.05) is 22.6 Å². The normalized spacial score (nSPS) is 10.6. The number of aromatic nitrogens is 2. The molecule has 0 bridgehead atoms. The molecule has 0 aliphatic rings. The van der Waals surface area contributed by atoms with E-state index < -0.39 is 11.5 Å². The van der Waals surface area contributed by atoms with E-state index in [0.717, 1.165) is 10.0 Å². The Bertz CT molecular complexity index is 934. The molecule has 3 rings (SSSR count). The number of carbonyl (C=O) groups excluding carboxylic acids is 1. The van der Waals surface area contributed by atoms with E-state index >= 15 is 0 Å². The summed E-state index contributed by atoms with van der Waals surface area (Å²) in [6.07, 6.45) is 2.89. The largest absolute Gasteiger partial charge is 0.322 e. The van der Waals surface area contributed by atoms with Crippen molar-refractivity contribution in [2.75, 3.05) is 5.32 Å². The summed E-state index contributed by atoms with van der Waals surface area (Å²) in [6, 6.07) is 10.7. The van der Waals surface area contributed by atoms with Gasteiger partial charge in [-0.1, -0.05) is 28.1 Å². The Kier molecular flexibility index (Phi) is 3.77. The molecule has 1 N–H and O–H groups in total. The van der Waals surface area contributed by atoms with Crippen LogP contribution in [-0.2, 0) is 0 Å². The molecule has 0 spiro atoms. The van der Waals surface area contributed by atoms with E-state index in [1.165, 1.54) is 10.6 Å². The highest BCUT2D eigenvalue weighted by Gasteiger charge is 2.13. The van der Waals surface area contributed by atoms with Crippen LogP contribution in [0.5, 0.6) is 0 Å². The van der Waals surface area contributed by atoms with Crippen molar-refractivity contribution in [3.8, 4) is 0 Å². The maximum atomic E-state index is 12.3. The molecule has 5 nitrogen and oxygen atoms in total. The molecule has 0 radical (unpaired) electrons. The highest BCUT2D eigenvalue weighted by Crippen LogP contribution is 2.20. The van der Waals surface area contributed by atoms with Crippen LogP contribution in [0.3, 0.4) is 0 Å².